The molecule has 18 heavy (non-hydrogen) atoms. The van der Waals surface area contributed by atoms with E-state index in [9.17, 15) is 0 Å². The van der Waals surface area contributed by atoms with Gasteiger partial charge in [0.2, 0.25) is 0 Å². The quantitative estimate of drug-likeness (QED) is 0.570. The summed E-state index contributed by atoms with van der Waals surface area (Å²) in [6.07, 6.45) is 2.10. The minimum absolute atomic E-state index is 0.121. The van der Waals surface area contributed by atoms with Gasteiger partial charge in [-0.1, -0.05) is 27.7 Å². The Hall–Kier alpha value is 0.0969. The van der Waals surface area contributed by atoms with E-state index in [1.807, 2.05) is 13.8 Å². The lowest BCUT2D eigenvalue weighted by Gasteiger charge is -2.35. The summed E-state index contributed by atoms with van der Waals surface area (Å²) in [6, 6.07) is 0. The fraction of sp³-hybridized carbons (Fsp3) is 1.00. The van der Waals surface area contributed by atoms with Crippen LogP contribution in [-0.4, -0.2) is 28.3 Å². The zero-order chi connectivity index (χ0) is 14.2. The first kappa shape index (κ1) is 18.1. The van der Waals surface area contributed by atoms with Gasteiger partial charge in [-0.15, -0.1) is 0 Å². The summed E-state index contributed by atoms with van der Waals surface area (Å²) in [4.78, 5) is 0. The number of hydrogen-bond acceptors (Lipinski definition) is 3. The van der Waals surface area contributed by atoms with E-state index in [0.29, 0.717) is 25.0 Å². The molecule has 0 fully saturated rings. The third-order valence-corrected chi connectivity index (χ3v) is 4.64. The van der Waals surface area contributed by atoms with Crippen molar-refractivity contribution in [1.29, 1.82) is 0 Å². The lowest BCUT2D eigenvalue weighted by atomic mass is 9.87. The number of rotatable bonds is 10. The van der Waals surface area contributed by atoms with Gasteiger partial charge in [0.25, 0.3) is 0 Å². The van der Waals surface area contributed by atoms with Crippen molar-refractivity contribution in [2.24, 2.45) is 11.8 Å². The van der Waals surface area contributed by atoms with E-state index in [4.69, 9.17) is 13.3 Å². The highest BCUT2D eigenvalue weighted by molar-refractivity contribution is 6.36. The molecule has 0 rings (SSSR count). The third-order valence-electron chi connectivity index (χ3n) is 2.67. The van der Waals surface area contributed by atoms with Crippen LogP contribution in [0.4, 0.5) is 0 Å². The first-order chi connectivity index (χ1) is 8.33. The van der Waals surface area contributed by atoms with Gasteiger partial charge in [0, 0.05) is 13.2 Å². The van der Waals surface area contributed by atoms with Crippen LogP contribution < -0.4 is 0 Å². The smallest absolute Gasteiger partial charge is 0.376 e. The molecule has 110 valence electrons. The van der Waals surface area contributed by atoms with Crippen LogP contribution in [0.5, 0.6) is 0 Å². The molecule has 0 aromatic heterocycles. The molecule has 0 saturated heterocycles. The molecule has 0 atom stereocenters. The summed E-state index contributed by atoms with van der Waals surface area (Å²) in [6.45, 7) is 16.5. The molecule has 0 aromatic carbocycles. The minimum atomic E-state index is -1.98. The maximum atomic E-state index is 6.24. The normalized spacial score (nSPS) is 13.0. The monoisotopic (exact) mass is 276 g/mol. The van der Waals surface area contributed by atoms with Gasteiger partial charge in [0.15, 0.2) is 0 Å². The molecule has 0 N–H and O–H groups in total. The van der Waals surface area contributed by atoms with Crippen molar-refractivity contribution in [1.82, 2.24) is 0 Å². The Balaban J connectivity index is 4.61. The second-order valence-corrected chi connectivity index (χ2v) is 7.44. The van der Waals surface area contributed by atoms with Crippen molar-refractivity contribution in [2.45, 2.75) is 66.9 Å². The molecular weight excluding hydrogens is 244 g/mol. The highest BCUT2D eigenvalue weighted by atomic mass is 28.3. The molecule has 0 aliphatic carbocycles. The average Bonchev–Trinajstić information content (AvgIpc) is 2.14. The standard InChI is InChI=1S/C14H32O3Si/c1-8-15-18(16-9-2)17-14(7,10-12(3)4)11-13(5)6/h12-13,18H,8-11H2,1-7H3. The summed E-state index contributed by atoms with van der Waals surface area (Å²) in [7, 11) is -1.98. The predicted molar refractivity (Wildman–Crippen MR) is 78.8 cm³/mol. The lowest BCUT2D eigenvalue weighted by Crippen LogP contribution is -2.41. The van der Waals surface area contributed by atoms with Gasteiger partial charge in [-0.25, -0.2) is 0 Å². The van der Waals surface area contributed by atoms with E-state index in [1.54, 1.807) is 0 Å². The Morgan fingerprint density at radius 1 is 0.889 bits per heavy atom. The van der Waals surface area contributed by atoms with Crippen molar-refractivity contribution in [3.63, 3.8) is 0 Å². The van der Waals surface area contributed by atoms with Crippen molar-refractivity contribution in [3.8, 4) is 0 Å². The molecular formula is C14H32O3Si. The van der Waals surface area contributed by atoms with Gasteiger partial charge in [-0.05, 0) is 45.4 Å². The average molecular weight is 276 g/mol. The molecule has 0 amide bonds. The molecule has 0 bridgehead atoms. The fourth-order valence-electron chi connectivity index (χ4n) is 2.53. The van der Waals surface area contributed by atoms with E-state index in [1.165, 1.54) is 0 Å². The van der Waals surface area contributed by atoms with Crippen molar-refractivity contribution in [3.05, 3.63) is 0 Å². The molecule has 0 aliphatic rings. The molecule has 0 aromatic rings. The van der Waals surface area contributed by atoms with Crippen molar-refractivity contribution < 1.29 is 13.3 Å². The van der Waals surface area contributed by atoms with Gasteiger partial charge >= 0.3 is 9.53 Å². The second kappa shape index (κ2) is 9.07. The van der Waals surface area contributed by atoms with Crippen LogP contribution in [0, 0.1) is 11.8 Å². The Morgan fingerprint density at radius 3 is 1.56 bits per heavy atom. The topological polar surface area (TPSA) is 27.7 Å². The summed E-state index contributed by atoms with van der Waals surface area (Å²) in [5.41, 5.74) is -0.121. The van der Waals surface area contributed by atoms with Gasteiger partial charge in [-0.3, -0.25) is 0 Å². The molecule has 4 heteroatoms. The Labute approximate surface area is 115 Å². The van der Waals surface area contributed by atoms with Gasteiger partial charge in [0.1, 0.15) is 0 Å². The first-order valence-electron chi connectivity index (χ1n) is 7.24. The van der Waals surface area contributed by atoms with Gasteiger partial charge < -0.3 is 13.3 Å². The SMILES string of the molecule is CCO[SiH](OCC)OC(C)(CC(C)C)CC(C)C. The predicted octanol–water partition coefficient (Wildman–Crippen LogP) is 3.64. The summed E-state index contributed by atoms with van der Waals surface area (Å²) >= 11 is 0. The largest absolute Gasteiger partial charge is 0.484 e. The summed E-state index contributed by atoms with van der Waals surface area (Å²) in [5.74, 6) is 1.23. The van der Waals surface area contributed by atoms with E-state index in [0.717, 1.165) is 12.8 Å². The van der Waals surface area contributed by atoms with Crippen LogP contribution >= 0.6 is 0 Å². The van der Waals surface area contributed by atoms with E-state index < -0.39 is 9.53 Å². The van der Waals surface area contributed by atoms with Crippen molar-refractivity contribution >= 4 is 9.53 Å². The molecule has 3 nitrogen and oxygen atoms in total. The second-order valence-electron chi connectivity index (χ2n) is 5.96. The zero-order valence-electron chi connectivity index (χ0n) is 13.3. The number of hydrogen-bond donors (Lipinski definition) is 0. The Bertz CT molecular complexity index is 191. The molecule has 0 unspecified atom stereocenters. The van der Waals surface area contributed by atoms with Crippen LogP contribution in [0.25, 0.3) is 0 Å². The summed E-state index contributed by atoms with van der Waals surface area (Å²) in [5, 5.41) is 0. The minimum Gasteiger partial charge on any atom is -0.376 e. The van der Waals surface area contributed by atoms with Crippen LogP contribution in [0.3, 0.4) is 0 Å². The van der Waals surface area contributed by atoms with E-state index in [-0.39, 0.29) is 5.60 Å². The highest BCUT2D eigenvalue weighted by Gasteiger charge is 2.32. The molecule has 0 heterocycles. The van der Waals surface area contributed by atoms with E-state index in [2.05, 4.69) is 34.6 Å². The van der Waals surface area contributed by atoms with Crippen LogP contribution in [0.1, 0.15) is 61.3 Å². The highest BCUT2D eigenvalue weighted by Crippen LogP contribution is 2.29. The Morgan fingerprint density at radius 2 is 1.28 bits per heavy atom. The fourth-order valence-corrected chi connectivity index (χ4v) is 3.96. The van der Waals surface area contributed by atoms with Gasteiger partial charge in [-0.2, -0.15) is 0 Å². The summed E-state index contributed by atoms with van der Waals surface area (Å²) < 4.78 is 17.5. The molecule has 0 saturated carbocycles. The Kier molecular flexibility index (Phi) is 9.12. The van der Waals surface area contributed by atoms with Gasteiger partial charge in [0.05, 0.1) is 5.60 Å². The van der Waals surface area contributed by atoms with Crippen LogP contribution in [0.2, 0.25) is 0 Å². The van der Waals surface area contributed by atoms with Crippen LogP contribution in [0.15, 0.2) is 0 Å². The molecule has 0 spiro atoms. The van der Waals surface area contributed by atoms with Crippen LogP contribution in [-0.2, 0) is 13.3 Å². The zero-order valence-corrected chi connectivity index (χ0v) is 14.4. The maximum absolute atomic E-state index is 6.24. The molecule has 0 radical (unpaired) electrons. The van der Waals surface area contributed by atoms with E-state index >= 15 is 0 Å². The first-order valence-corrected chi connectivity index (χ1v) is 8.65. The third kappa shape index (κ3) is 8.24. The lowest BCUT2D eigenvalue weighted by molar-refractivity contribution is -0.0206. The maximum Gasteiger partial charge on any atom is 0.484 e. The molecule has 0 aliphatic heterocycles. The van der Waals surface area contributed by atoms with Crippen molar-refractivity contribution in [2.75, 3.05) is 13.2 Å².